The molecule has 182 valence electrons. The van der Waals surface area contributed by atoms with Crippen molar-refractivity contribution in [3.05, 3.63) is 0 Å². The van der Waals surface area contributed by atoms with Crippen LogP contribution < -0.4 is 0 Å². The summed E-state index contributed by atoms with van der Waals surface area (Å²) in [5, 5.41) is 8.73. The molecule has 0 aliphatic heterocycles. The van der Waals surface area contributed by atoms with E-state index in [0.717, 1.165) is 19.4 Å². The van der Waals surface area contributed by atoms with Crippen LogP contribution in [-0.4, -0.2) is 48.4 Å². The molecule has 1 unspecified atom stereocenters. The Balaban J connectivity index is 3.24. The average molecular weight is 453 g/mol. The lowest BCUT2D eigenvalue weighted by atomic mass is 10.0. The summed E-state index contributed by atoms with van der Waals surface area (Å²) in [6.45, 7) is 7.37. The lowest BCUT2D eigenvalue weighted by Crippen LogP contribution is -2.20. The fraction of sp³-hybridized carbons (Fsp3) is 1.00. The van der Waals surface area contributed by atoms with Gasteiger partial charge in [-0.25, -0.2) is 0 Å². The summed E-state index contributed by atoms with van der Waals surface area (Å²) in [5.74, 6) is 0. The van der Waals surface area contributed by atoms with E-state index in [1.807, 2.05) is 20.8 Å². The molecule has 0 radical (unpaired) electrons. The minimum Gasteiger partial charge on any atom is -0.396 e. The van der Waals surface area contributed by atoms with Gasteiger partial charge in [0.1, 0.15) is 6.35 Å². The minimum absolute atomic E-state index is 0.212. The van der Waals surface area contributed by atoms with Crippen LogP contribution in [0.1, 0.15) is 111 Å². The Morgan fingerprint density at radius 2 is 1.10 bits per heavy atom. The van der Waals surface area contributed by atoms with Gasteiger partial charge in [-0.2, -0.15) is 0 Å². The molecule has 0 bridgehead atoms. The summed E-state index contributed by atoms with van der Waals surface area (Å²) in [6.07, 6.45) is 16.7. The number of hydrogen-bond acceptors (Lipinski definition) is 5. The van der Waals surface area contributed by atoms with Gasteiger partial charge in [0.25, 0.3) is 0 Å². The lowest BCUT2D eigenvalue weighted by Gasteiger charge is -2.21. The summed E-state index contributed by atoms with van der Waals surface area (Å²) in [6, 6.07) is 0. The van der Waals surface area contributed by atoms with Gasteiger partial charge in [-0.15, -0.1) is 0 Å². The molecule has 0 aromatic rings. The second-order valence-corrected chi connectivity index (χ2v) is 10.9. The fourth-order valence-corrected chi connectivity index (χ4v) is 4.08. The predicted octanol–water partition coefficient (Wildman–Crippen LogP) is 6.43. The fourth-order valence-electron chi connectivity index (χ4n) is 3.04. The van der Waals surface area contributed by atoms with Gasteiger partial charge in [-0.3, -0.25) is 4.57 Å². The third-order valence-electron chi connectivity index (χ3n) is 4.83. The third-order valence-corrected chi connectivity index (χ3v) is 5.87. The first-order valence-corrected chi connectivity index (χ1v) is 13.8. The first-order chi connectivity index (χ1) is 14.3. The monoisotopic (exact) mass is 452 g/mol. The standard InChI is InChI=1S/C23H49O6P/c1-23(2,3)28-22-30(25,26)29-21-17-20-27-19-16-14-12-10-8-6-4-5-7-9-11-13-15-18-24/h24H,4-22H2,1-3H3,(H,25,26). The van der Waals surface area contributed by atoms with Crippen LogP contribution in [0.5, 0.6) is 0 Å². The predicted molar refractivity (Wildman–Crippen MR) is 124 cm³/mol. The molecule has 0 saturated carbocycles. The van der Waals surface area contributed by atoms with Crippen LogP contribution >= 0.6 is 7.60 Å². The molecular weight excluding hydrogens is 403 g/mol. The number of rotatable bonds is 22. The molecule has 0 heterocycles. The summed E-state index contributed by atoms with van der Waals surface area (Å²) >= 11 is 0. The first-order valence-electron chi connectivity index (χ1n) is 12.1. The second kappa shape index (κ2) is 19.7. The van der Waals surface area contributed by atoms with Crippen molar-refractivity contribution in [2.24, 2.45) is 0 Å². The van der Waals surface area contributed by atoms with Gasteiger partial charge >= 0.3 is 7.60 Å². The van der Waals surface area contributed by atoms with Gasteiger partial charge in [0.05, 0.1) is 12.2 Å². The minimum atomic E-state index is -3.67. The zero-order valence-electron chi connectivity index (χ0n) is 19.9. The van der Waals surface area contributed by atoms with Crippen molar-refractivity contribution in [1.82, 2.24) is 0 Å². The van der Waals surface area contributed by atoms with Crippen LogP contribution in [0.4, 0.5) is 0 Å². The Kier molecular flexibility index (Phi) is 19.7. The van der Waals surface area contributed by atoms with Crippen molar-refractivity contribution in [1.29, 1.82) is 0 Å². The van der Waals surface area contributed by atoms with Crippen molar-refractivity contribution < 1.29 is 28.6 Å². The van der Waals surface area contributed by atoms with Crippen molar-refractivity contribution in [3.8, 4) is 0 Å². The maximum absolute atomic E-state index is 11.8. The molecule has 0 aromatic heterocycles. The maximum atomic E-state index is 11.8. The van der Waals surface area contributed by atoms with Gasteiger partial charge in [-0.1, -0.05) is 70.6 Å². The molecule has 0 amide bonds. The van der Waals surface area contributed by atoms with Gasteiger partial charge in [0.15, 0.2) is 0 Å². The van der Waals surface area contributed by atoms with E-state index in [2.05, 4.69) is 0 Å². The number of ether oxygens (including phenoxy) is 2. The Morgan fingerprint density at radius 3 is 1.57 bits per heavy atom. The molecule has 0 saturated heterocycles. The van der Waals surface area contributed by atoms with Gasteiger partial charge < -0.3 is 24.0 Å². The van der Waals surface area contributed by atoms with Crippen LogP contribution in [-0.2, 0) is 18.6 Å². The highest BCUT2D eigenvalue weighted by Crippen LogP contribution is 2.42. The Labute approximate surface area is 185 Å². The molecule has 30 heavy (non-hydrogen) atoms. The molecule has 0 aromatic carbocycles. The summed E-state index contributed by atoms with van der Waals surface area (Å²) in [5.41, 5.74) is -0.452. The van der Waals surface area contributed by atoms with Crippen molar-refractivity contribution in [2.75, 3.05) is 32.8 Å². The average Bonchev–Trinajstić information content (AvgIpc) is 2.68. The van der Waals surface area contributed by atoms with E-state index in [9.17, 15) is 9.46 Å². The molecule has 0 spiro atoms. The quantitative estimate of drug-likeness (QED) is 0.145. The SMILES string of the molecule is CC(C)(C)OCP(=O)(O)OCCCOCCCCCCCCCCCCCCCO. The molecule has 1 atom stereocenters. The molecule has 0 aliphatic rings. The Hall–Kier alpha value is 0.0300. The van der Waals surface area contributed by atoms with E-state index >= 15 is 0 Å². The van der Waals surface area contributed by atoms with Crippen molar-refractivity contribution in [2.45, 2.75) is 116 Å². The normalized spacial score (nSPS) is 14.2. The molecule has 0 rings (SSSR count). The molecule has 0 fully saturated rings. The van der Waals surface area contributed by atoms with E-state index in [1.54, 1.807) is 0 Å². The highest BCUT2D eigenvalue weighted by molar-refractivity contribution is 7.52. The van der Waals surface area contributed by atoms with Crippen LogP contribution in [0.3, 0.4) is 0 Å². The second-order valence-electron chi connectivity index (χ2n) is 9.14. The van der Waals surface area contributed by atoms with E-state index in [1.165, 1.54) is 70.6 Å². The van der Waals surface area contributed by atoms with Crippen LogP contribution in [0.15, 0.2) is 0 Å². The van der Waals surface area contributed by atoms with Crippen LogP contribution in [0.25, 0.3) is 0 Å². The van der Waals surface area contributed by atoms with Gasteiger partial charge in [-0.05, 0) is 40.0 Å². The number of unbranched alkanes of at least 4 members (excludes halogenated alkanes) is 12. The Morgan fingerprint density at radius 1 is 0.667 bits per heavy atom. The number of aliphatic hydroxyl groups excluding tert-OH is 1. The Bertz CT molecular complexity index is 411. The molecule has 7 heteroatoms. The summed E-state index contributed by atoms with van der Waals surface area (Å²) in [7, 11) is -3.67. The zero-order valence-corrected chi connectivity index (χ0v) is 20.8. The maximum Gasteiger partial charge on any atom is 0.353 e. The number of aliphatic hydroxyl groups is 1. The van der Waals surface area contributed by atoms with Crippen LogP contribution in [0.2, 0.25) is 0 Å². The highest BCUT2D eigenvalue weighted by atomic mass is 31.2. The highest BCUT2D eigenvalue weighted by Gasteiger charge is 2.23. The van der Waals surface area contributed by atoms with E-state index < -0.39 is 13.2 Å². The first kappa shape index (κ1) is 30.0. The largest absolute Gasteiger partial charge is 0.396 e. The molecule has 2 N–H and O–H groups in total. The smallest absolute Gasteiger partial charge is 0.353 e. The topological polar surface area (TPSA) is 85.2 Å². The molecule has 6 nitrogen and oxygen atoms in total. The lowest BCUT2D eigenvalue weighted by molar-refractivity contribution is 0.0140. The number of hydrogen-bond donors (Lipinski definition) is 2. The summed E-state index contributed by atoms with van der Waals surface area (Å²) in [4.78, 5) is 9.68. The zero-order chi connectivity index (χ0) is 22.6. The molecular formula is C23H49O6P. The van der Waals surface area contributed by atoms with Gasteiger partial charge in [0.2, 0.25) is 0 Å². The third kappa shape index (κ3) is 24.3. The van der Waals surface area contributed by atoms with E-state index in [0.29, 0.717) is 19.6 Å². The molecule has 0 aliphatic carbocycles. The van der Waals surface area contributed by atoms with Crippen molar-refractivity contribution in [3.63, 3.8) is 0 Å². The summed E-state index contributed by atoms with van der Waals surface area (Å²) < 4.78 is 27.7. The van der Waals surface area contributed by atoms with E-state index in [4.69, 9.17) is 19.1 Å². The van der Waals surface area contributed by atoms with Crippen molar-refractivity contribution >= 4 is 7.60 Å². The van der Waals surface area contributed by atoms with Gasteiger partial charge in [0, 0.05) is 19.8 Å². The van der Waals surface area contributed by atoms with E-state index in [-0.39, 0.29) is 13.0 Å². The van der Waals surface area contributed by atoms with Crippen LogP contribution in [0, 0.1) is 0 Å².